The van der Waals surface area contributed by atoms with Crippen LogP contribution in [0.25, 0.3) is 0 Å². The summed E-state index contributed by atoms with van der Waals surface area (Å²) in [6.45, 7) is 19.9. The highest BCUT2D eigenvalue weighted by Crippen LogP contribution is 2.53. The number of hydrogen-bond acceptors (Lipinski definition) is 0. The van der Waals surface area contributed by atoms with E-state index in [1.54, 1.807) is 0 Å². The predicted molar refractivity (Wildman–Crippen MR) is 104 cm³/mol. The first-order chi connectivity index (χ1) is 10.4. The smallest absolute Gasteiger partial charge is 0.0298 e. The molecule has 2 fully saturated rings. The SMILES string of the molecule is CC(C)(C)C1CCC(C(C)(C)C2CCC(C(C)(C)C)CC2)CC1. The molecule has 0 aromatic rings. The van der Waals surface area contributed by atoms with Crippen LogP contribution in [0.2, 0.25) is 0 Å². The lowest BCUT2D eigenvalue weighted by molar-refractivity contribution is 0.0129. The Morgan fingerprint density at radius 3 is 0.826 bits per heavy atom. The van der Waals surface area contributed by atoms with Crippen molar-refractivity contribution in [2.24, 2.45) is 39.9 Å². The summed E-state index contributed by atoms with van der Waals surface area (Å²) in [6, 6.07) is 0. The molecule has 2 rings (SSSR count). The van der Waals surface area contributed by atoms with Crippen molar-refractivity contribution in [1.29, 1.82) is 0 Å². The molecule has 2 aliphatic rings. The fourth-order valence-corrected chi connectivity index (χ4v) is 5.74. The highest BCUT2D eigenvalue weighted by molar-refractivity contribution is 4.93. The fourth-order valence-electron chi connectivity index (χ4n) is 5.74. The van der Waals surface area contributed by atoms with Crippen LogP contribution in [0.5, 0.6) is 0 Å². The van der Waals surface area contributed by atoms with Gasteiger partial charge in [-0.3, -0.25) is 0 Å². The first-order valence-electron chi connectivity index (χ1n) is 10.4. The molecule has 0 unspecified atom stereocenters. The molecule has 0 amide bonds. The van der Waals surface area contributed by atoms with Gasteiger partial charge in [0.05, 0.1) is 0 Å². The van der Waals surface area contributed by atoms with Gasteiger partial charge in [0.15, 0.2) is 0 Å². The Labute approximate surface area is 147 Å². The van der Waals surface area contributed by atoms with Gasteiger partial charge in [-0.15, -0.1) is 0 Å². The van der Waals surface area contributed by atoms with Crippen LogP contribution in [0.15, 0.2) is 0 Å². The maximum atomic E-state index is 2.61. The van der Waals surface area contributed by atoms with E-state index in [1.807, 2.05) is 0 Å². The Hall–Kier alpha value is 0. The van der Waals surface area contributed by atoms with Crippen molar-refractivity contribution in [1.82, 2.24) is 0 Å². The Balaban J connectivity index is 1.91. The third-order valence-corrected chi connectivity index (χ3v) is 8.01. The molecule has 23 heavy (non-hydrogen) atoms. The van der Waals surface area contributed by atoms with Gasteiger partial charge in [0, 0.05) is 0 Å². The summed E-state index contributed by atoms with van der Waals surface area (Å²) in [4.78, 5) is 0. The molecular formula is C23H44. The summed E-state index contributed by atoms with van der Waals surface area (Å²) in [6.07, 6.45) is 11.8. The van der Waals surface area contributed by atoms with Gasteiger partial charge in [-0.2, -0.15) is 0 Å². The molecule has 2 aliphatic carbocycles. The predicted octanol–water partition coefficient (Wildman–Crippen LogP) is 7.72. The highest BCUT2D eigenvalue weighted by atomic mass is 14.5. The van der Waals surface area contributed by atoms with E-state index in [2.05, 4.69) is 55.4 Å². The minimum Gasteiger partial charge on any atom is -0.0599 e. The zero-order valence-corrected chi connectivity index (χ0v) is 17.5. The van der Waals surface area contributed by atoms with Gasteiger partial charge in [-0.25, -0.2) is 0 Å². The van der Waals surface area contributed by atoms with Gasteiger partial charge in [0.1, 0.15) is 0 Å². The van der Waals surface area contributed by atoms with Crippen LogP contribution in [-0.2, 0) is 0 Å². The van der Waals surface area contributed by atoms with Crippen molar-refractivity contribution in [2.75, 3.05) is 0 Å². The number of hydrogen-bond donors (Lipinski definition) is 0. The van der Waals surface area contributed by atoms with Gasteiger partial charge in [-0.1, -0.05) is 55.4 Å². The van der Waals surface area contributed by atoms with Gasteiger partial charge < -0.3 is 0 Å². The summed E-state index contributed by atoms with van der Waals surface area (Å²) in [5.41, 5.74) is 1.59. The summed E-state index contributed by atoms with van der Waals surface area (Å²) in [5.74, 6) is 3.84. The second-order valence-corrected chi connectivity index (χ2v) is 11.7. The van der Waals surface area contributed by atoms with Crippen LogP contribution in [0.4, 0.5) is 0 Å². The zero-order chi connectivity index (χ0) is 17.5. The molecule has 0 bridgehead atoms. The van der Waals surface area contributed by atoms with E-state index in [0.717, 1.165) is 23.7 Å². The molecule has 2 saturated carbocycles. The van der Waals surface area contributed by atoms with E-state index in [4.69, 9.17) is 0 Å². The van der Waals surface area contributed by atoms with Crippen molar-refractivity contribution in [3.05, 3.63) is 0 Å². The Morgan fingerprint density at radius 2 is 0.609 bits per heavy atom. The van der Waals surface area contributed by atoms with Gasteiger partial charge in [0.25, 0.3) is 0 Å². The lowest BCUT2D eigenvalue weighted by atomic mass is 9.56. The molecule has 0 atom stereocenters. The quantitative estimate of drug-likeness (QED) is 0.488. The first kappa shape index (κ1) is 19.3. The van der Waals surface area contributed by atoms with Crippen molar-refractivity contribution in [2.45, 2.75) is 107 Å². The summed E-state index contributed by atoms with van der Waals surface area (Å²) < 4.78 is 0. The normalized spacial score (nSPS) is 34.4. The molecule has 0 heteroatoms. The largest absolute Gasteiger partial charge is 0.0599 e. The zero-order valence-electron chi connectivity index (χ0n) is 17.5. The minimum atomic E-state index is 0.514. The van der Waals surface area contributed by atoms with Crippen LogP contribution in [0.3, 0.4) is 0 Å². The van der Waals surface area contributed by atoms with Crippen molar-refractivity contribution in [3.8, 4) is 0 Å². The van der Waals surface area contributed by atoms with Crippen molar-refractivity contribution >= 4 is 0 Å². The minimum absolute atomic E-state index is 0.514. The van der Waals surface area contributed by atoms with E-state index in [-0.39, 0.29) is 0 Å². The summed E-state index contributed by atoms with van der Waals surface area (Å²) in [7, 11) is 0. The highest BCUT2D eigenvalue weighted by Gasteiger charge is 2.42. The van der Waals surface area contributed by atoms with E-state index in [1.165, 1.54) is 51.4 Å². The molecule has 0 nitrogen and oxygen atoms in total. The topological polar surface area (TPSA) is 0 Å². The Bertz CT molecular complexity index is 324. The van der Waals surface area contributed by atoms with Crippen LogP contribution in [0, 0.1) is 39.9 Å². The van der Waals surface area contributed by atoms with Crippen molar-refractivity contribution < 1.29 is 0 Å². The number of rotatable bonds is 2. The maximum Gasteiger partial charge on any atom is -0.0298 e. The molecule has 0 aromatic carbocycles. The van der Waals surface area contributed by atoms with Gasteiger partial charge in [-0.05, 0) is 91.3 Å². The third kappa shape index (κ3) is 4.55. The van der Waals surface area contributed by atoms with Crippen LogP contribution >= 0.6 is 0 Å². The molecule has 0 N–H and O–H groups in total. The molecule has 0 radical (unpaired) electrons. The monoisotopic (exact) mass is 320 g/mol. The average molecular weight is 321 g/mol. The molecule has 136 valence electrons. The van der Waals surface area contributed by atoms with Crippen LogP contribution in [-0.4, -0.2) is 0 Å². The second-order valence-electron chi connectivity index (χ2n) is 11.7. The second kappa shape index (κ2) is 6.72. The first-order valence-corrected chi connectivity index (χ1v) is 10.4. The lowest BCUT2D eigenvalue weighted by Gasteiger charge is -2.49. The van der Waals surface area contributed by atoms with E-state index in [0.29, 0.717) is 16.2 Å². The molecule has 0 heterocycles. The van der Waals surface area contributed by atoms with Crippen molar-refractivity contribution in [3.63, 3.8) is 0 Å². The fraction of sp³-hybridized carbons (Fsp3) is 1.00. The maximum absolute atomic E-state index is 2.61. The standard InChI is InChI=1S/C23H44/c1-21(2,3)17-9-13-19(14-10-17)23(7,8)20-15-11-18(12-16-20)22(4,5)6/h17-20H,9-16H2,1-8H3. The Kier molecular flexibility index (Phi) is 5.65. The van der Waals surface area contributed by atoms with Gasteiger partial charge in [0.2, 0.25) is 0 Å². The lowest BCUT2D eigenvalue weighted by Crippen LogP contribution is -2.39. The van der Waals surface area contributed by atoms with Crippen LogP contribution in [0.1, 0.15) is 107 Å². The van der Waals surface area contributed by atoms with E-state index < -0.39 is 0 Å². The van der Waals surface area contributed by atoms with E-state index in [9.17, 15) is 0 Å². The summed E-state index contributed by atoms with van der Waals surface area (Å²) >= 11 is 0. The van der Waals surface area contributed by atoms with Crippen LogP contribution < -0.4 is 0 Å². The van der Waals surface area contributed by atoms with E-state index >= 15 is 0 Å². The Morgan fingerprint density at radius 1 is 0.391 bits per heavy atom. The summed E-state index contributed by atoms with van der Waals surface area (Å²) in [5, 5.41) is 0. The molecular weight excluding hydrogens is 276 g/mol. The average Bonchev–Trinajstić information content (AvgIpc) is 2.46. The molecule has 0 aliphatic heterocycles. The third-order valence-electron chi connectivity index (χ3n) is 8.01. The molecule has 0 saturated heterocycles. The molecule has 0 aromatic heterocycles. The molecule has 0 spiro atoms. The van der Waals surface area contributed by atoms with Gasteiger partial charge >= 0.3 is 0 Å².